The van der Waals surface area contributed by atoms with Crippen LogP contribution in [0.3, 0.4) is 0 Å². The third kappa shape index (κ3) is 3.77. The molecule has 5 heteroatoms. The van der Waals surface area contributed by atoms with Crippen molar-refractivity contribution in [1.29, 1.82) is 0 Å². The van der Waals surface area contributed by atoms with Crippen molar-refractivity contribution in [3.05, 3.63) is 39.4 Å². The molecular weight excluding hydrogens is 244 g/mol. The van der Waals surface area contributed by atoms with Crippen molar-refractivity contribution in [1.82, 2.24) is 5.32 Å². The minimum Gasteiger partial charge on any atom is -0.352 e. The molecule has 0 aliphatic carbocycles. The largest absolute Gasteiger partial charge is 0.352 e. The number of benzene rings is 1. The first-order chi connectivity index (χ1) is 9.01. The Morgan fingerprint density at radius 3 is 2.53 bits per heavy atom. The normalized spacial score (nSPS) is 10.5. The third-order valence-corrected chi connectivity index (χ3v) is 3.37. The summed E-state index contributed by atoms with van der Waals surface area (Å²) in [5.41, 5.74) is 0.528. The van der Waals surface area contributed by atoms with Gasteiger partial charge in [0.2, 0.25) is 0 Å². The molecule has 1 aromatic carbocycles. The van der Waals surface area contributed by atoms with Gasteiger partial charge in [0.15, 0.2) is 0 Å². The number of carbonyl (C=O) groups is 1. The summed E-state index contributed by atoms with van der Waals surface area (Å²) in [7, 11) is 0. The van der Waals surface area contributed by atoms with Crippen molar-refractivity contribution in [2.75, 3.05) is 6.54 Å². The van der Waals surface area contributed by atoms with E-state index in [4.69, 9.17) is 0 Å². The number of carbonyl (C=O) groups excluding carboxylic acids is 1. The van der Waals surface area contributed by atoms with Gasteiger partial charge in [-0.25, -0.2) is 0 Å². The number of hydrogen-bond donors (Lipinski definition) is 1. The quantitative estimate of drug-likeness (QED) is 0.634. The fourth-order valence-electron chi connectivity index (χ4n) is 1.99. The number of rotatable bonds is 6. The number of amides is 1. The van der Waals surface area contributed by atoms with E-state index in [0.717, 1.165) is 12.8 Å². The van der Waals surface area contributed by atoms with Crippen LogP contribution < -0.4 is 5.32 Å². The molecule has 0 aromatic heterocycles. The predicted octanol–water partition coefficient (Wildman–Crippen LogP) is 3.07. The molecule has 19 heavy (non-hydrogen) atoms. The molecule has 1 N–H and O–H groups in total. The number of hydrogen-bond acceptors (Lipinski definition) is 3. The summed E-state index contributed by atoms with van der Waals surface area (Å²) in [5.74, 6) is 0.0371. The number of nitrogens with zero attached hydrogens (tertiary/aromatic N) is 1. The predicted molar refractivity (Wildman–Crippen MR) is 74.2 cm³/mol. The first-order valence-electron chi connectivity index (χ1n) is 6.53. The van der Waals surface area contributed by atoms with Crippen LogP contribution in [0, 0.1) is 23.0 Å². The number of nitro benzene ring substituents is 1. The van der Waals surface area contributed by atoms with Crippen molar-refractivity contribution in [3.8, 4) is 0 Å². The van der Waals surface area contributed by atoms with Gasteiger partial charge in [0.25, 0.3) is 11.6 Å². The standard InChI is InChI=1S/C14H20N2O3/c1-4-11(5-2)9-15-14(17)12-8-6-7-10(3)13(12)16(18)19/h6-8,11H,4-5,9H2,1-3H3,(H,15,17). The Kier molecular flexibility index (Phi) is 5.48. The molecule has 5 nitrogen and oxygen atoms in total. The molecule has 1 aromatic rings. The van der Waals surface area contributed by atoms with Gasteiger partial charge in [-0.3, -0.25) is 14.9 Å². The Hall–Kier alpha value is -1.91. The Morgan fingerprint density at radius 2 is 2.00 bits per heavy atom. The molecule has 1 amide bonds. The number of para-hydroxylation sites is 1. The zero-order valence-corrected chi connectivity index (χ0v) is 11.6. The zero-order chi connectivity index (χ0) is 14.4. The van der Waals surface area contributed by atoms with E-state index in [0.29, 0.717) is 18.0 Å². The minimum atomic E-state index is -0.499. The first-order valence-corrected chi connectivity index (χ1v) is 6.53. The van der Waals surface area contributed by atoms with Gasteiger partial charge < -0.3 is 5.32 Å². The molecular formula is C14H20N2O3. The lowest BCUT2D eigenvalue weighted by molar-refractivity contribution is -0.385. The summed E-state index contributed by atoms with van der Waals surface area (Å²) in [6.07, 6.45) is 1.96. The van der Waals surface area contributed by atoms with Crippen LogP contribution in [0.15, 0.2) is 18.2 Å². The molecule has 0 aliphatic heterocycles. The van der Waals surface area contributed by atoms with Gasteiger partial charge in [0.05, 0.1) is 4.92 Å². The summed E-state index contributed by atoms with van der Waals surface area (Å²) >= 11 is 0. The van der Waals surface area contributed by atoms with Crippen molar-refractivity contribution in [3.63, 3.8) is 0 Å². The van der Waals surface area contributed by atoms with Crippen LogP contribution in [0.5, 0.6) is 0 Å². The van der Waals surface area contributed by atoms with E-state index in [1.807, 2.05) is 0 Å². The lowest BCUT2D eigenvalue weighted by Crippen LogP contribution is -2.29. The summed E-state index contributed by atoms with van der Waals surface area (Å²) in [4.78, 5) is 22.6. The van der Waals surface area contributed by atoms with E-state index in [1.165, 1.54) is 6.07 Å². The summed E-state index contributed by atoms with van der Waals surface area (Å²) < 4.78 is 0. The molecule has 0 spiro atoms. The van der Waals surface area contributed by atoms with E-state index in [9.17, 15) is 14.9 Å². The Labute approximate surface area is 113 Å². The molecule has 0 unspecified atom stereocenters. The van der Waals surface area contributed by atoms with E-state index < -0.39 is 4.92 Å². The van der Waals surface area contributed by atoms with Crippen LogP contribution in [0.2, 0.25) is 0 Å². The van der Waals surface area contributed by atoms with Crippen molar-refractivity contribution >= 4 is 11.6 Å². The molecule has 0 bridgehead atoms. The second kappa shape index (κ2) is 6.87. The lowest BCUT2D eigenvalue weighted by atomic mass is 10.0. The number of nitrogens with one attached hydrogen (secondary N) is 1. The number of aryl methyl sites for hydroxylation is 1. The molecule has 0 aliphatic rings. The lowest BCUT2D eigenvalue weighted by Gasteiger charge is -2.13. The molecule has 0 saturated carbocycles. The first kappa shape index (κ1) is 15.1. The highest BCUT2D eigenvalue weighted by molar-refractivity contribution is 5.98. The molecule has 0 radical (unpaired) electrons. The van der Waals surface area contributed by atoms with E-state index >= 15 is 0 Å². The average Bonchev–Trinajstić information content (AvgIpc) is 2.38. The van der Waals surface area contributed by atoms with Gasteiger partial charge in [0, 0.05) is 12.1 Å². The maximum Gasteiger partial charge on any atom is 0.285 e. The second-order valence-corrected chi connectivity index (χ2v) is 4.62. The average molecular weight is 264 g/mol. The summed E-state index contributed by atoms with van der Waals surface area (Å²) in [5, 5.41) is 13.8. The number of nitro groups is 1. The third-order valence-electron chi connectivity index (χ3n) is 3.37. The molecule has 0 atom stereocenters. The van der Waals surface area contributed by atoms with Crippen LogP contribution in [0.1, 0.15) is 42.6 Å². The Balaban J connectivity index is 2.88. The van der Waals surface area contributed by atoms with Crippen LogP contribution in [-0.4, -0.2) is 17.4 Å². The summed E-state index contributed by atoms with van der Waals surface area (Å²) in [6.45, 7) is 6.32. The molecule has 0 heterocycles. The highest BCUT2D eigenvalue weighted by Crippen LogP contribution is 2.22. The molecule has 1 rings (SSSR count). The Bertz CT molecular complexity index is 468. The Morgan fingerprint density at radius 1 is 1.37 bits per heavy atom. The van der Waals surface area contributed by atoms with E-state index in [1.54, 1.807) is 19.1 Å². The minimum absolute atomic E-state index is 0.107. The molecule has 0 fully saturated rings. The fourth-order valence-corrected chi connectivity index (χ4v) is 1.99. The van der Waals surface area contributed by atoms with Gasteiger partial charge in [-0.15, -0.1) is 0 Å². The molecule has 0 saturated heterocycles. The monoisotopic (exact) mass is 264 g/mol. The van der Waals surface area contributed by atoms with Crippen molar-refractivity contribution < 1.29 is 9.72 Å². The van der Waals surface area contributed by atoms with Gasteiger partial charge in [-0.05, 0) is 18.9 Å². The van der Waals surface area contributed by atoms with Gasteiger partial charge in [0.1, 0.15) is 5.56 Å². The van der Waals surface area contributed by atoms with Crippen LogP contribution in [0.25, 0.3) is 0 Å². The maximum atomic E-state index is 12.0. The SMILES string of the molecule is CCC(CC)CNC(=O)c1cccc(C)c1[N+](=O)[O-]. The van der Waals surface area contributed by atoms with Crippen LogP contribution in [0.4, 0.5) is 5.69 Å². The highest BCUT2D eigenvalue weighted by atomic mass is 16.6. The van der Waals surface area contributed by atoms with E-state index in [2.05, 4.69) is 19.2 Å². The highest BCUT2D eigenvalue weighted by Gasteiger charge is 2.22. The van der Waals surface area contributed by atoms with Gasteiger partial charge >= 0.3 is 0 Å². The molecule has 104 valence electrons. The summed E-state index contributed by atoms with van der Waals surface area (Å²) in [6, 6.07) is 4.79. The smallest absolute Gasteiger partial charge is 0.285 e. The van der Waals surface area contributed by atoms with E-state index in [-0.39, 0.29) is 17.2 Å². The van der Waals surface area contributed by atoms with Gasteiger partial charge in [-0.2, -0.15) is 0 Å². The second-order valence-electron chi connectivity index (χ2n) is 4.62. The zero-order valence-electron chi connectivity index (χ0n) is 11.6. The van der Waals surface area contributed by atoms with Crippen molar-refractivity contribution in [2.24, 2.45) is 5.92 Å². The topological polar surface area (TPSA) is 72.2 Å². The van der Waals surface area contributed by atoms with Crippen molar-refractivity contribution in [2.45, 2.75) is 33.6 Å². The van der Waals surface area contributed by atoms with Gasteiger partial charge in [-0.1, -0.05) is 38.8 Å². The fraction of sp³-hybridized carbons (Fsp3) is 0.500. The maximum absolute atomic E-state index is 12.0. The van der Waals surface area contributed by atoms with Crippen LogP contribution >= 0.6 is 0 Å². The van der Waals surface area contributed by atoms with Crippen LogP contribution in [-0.2, 0) is 0 Å².